The minimum absolute atomic E-state index is 0.552. The van der Waals surface area contributed by atoms with Crippen molar-refractivity contribution in [2.75, 3.05) is 13.1 Å². The monoisotopic (exact) mass is 259 g/mol. The first-order chi connectivity index (χ1) is 9.25. The van der Waals surface area contributed by atoms with E-state index >= 15 is 0 Å². The number of aromatic hydroxyl groups is 1. The van der Waals surface area contributed by atoms with Gasteiger partial charge in [0.1, 0.15) is 5.75 Å². The van der Waals surface area contributed by atoms with Crippen molar-refractivity contribution in [1.29, 1.82) is 0 Å². The maximum Gasteiger partial charge on any atom is 0.119 e. The molecule has 1 aromatic rings. The Morgan fingerprint density at radius 1 is 1.16 bits per heavy atom. The fourth-order valence-electron chi connectivity index (χ4n) is 3.81. The van der Waals surface area contributed by atoms with E-state index in [0.29, 0.717) is 5.75 Å². The van der Waals surface area contributed by atoms with Crippen molar-refractivity contribution in [2.24, 2.45) is 5.92 Å². The van der Waals surface area contributed by atoms with Gasteiger partial charge in [-0.05, 0) is 99.2 Å². The van der Waals surface area contributed by atoms with Gasteiger partial charge in [-0.15, -0.1) is 0 Å². The maximum absolute atomic E-state index is 10.4. The van der Waals surface area contributed by atoms with Gasteiger partial charge in [-0.1, -0.05) is 0 Å². The summed E-state index contributed by atoms with van der Waals surface area (Å²) in [6, 6.07) is 2.00. The number of hydrogen-bond acceptors (Lipinski definition) is 2. The molecular weight excluding hydrogens is 234 g/mol. The van der Waals surface area contributed by atoms with Crippen LogP contribution in [-0.4, -0.2) is 18.2 Å². The highest BCUT2D eigenvalue weighted by atomic mass is 16.3. The second-order valence-corrected chi connectivity index (χ2v) is 6.25. The van der Waals surface area contributed by atoms with E-state index in [1.165, 1.54) is 60.8 Å². The molecule has 104 valence electrons. The first kappa shape index (κ1) is 13.0. The third kappa shape index (κ3) is 2.64. The molecular formula is C17H25NO. The molecule has 0 unspecified atom stereocenters. The lowest BCUT2D eigenvalue weighted by Crippen LogP contribution is -2.29. The minimum atomic E-state index is 0.552. The molecule has 0 radical (unpaired) electrons. The fraction of sp³-hybridized carbons (Fsp3) is 0.647. The second kappa shape index (κ2) is 5.54. The Morgan fingerprint density at radius 2 is 1.84 bits per heavy atom. The van der Waals surface area contributed by atoms with E-state index in [0.717, 1.165) is 25.4 Å². The molecule has 19 heavy (non-hydrogen) atoms. The third-order valence-electron chi connectivity index (χ3n) is 4.92. The van der Waals surface area contributed by atoms with Crippen LogP contribution >= 0.6 is 0 Å². The Balaban J connectivity index is 1.90. The lowest BCUT2D eigenvalue weighted by Gasteiger charge is -2.27. The number of phenols is 1. The van der Waals surface area contributed by atoms with Crippen molar-refractivity contribution >= 4 is 0 Å². The van der Waals surface area contributed by atoms with Crippen LogP contribution in [0.3, 0.4) is 0 Å². The number of fused-ring (bicyclic) bond motifs is 1. The Kier molecular flexibility index (Phi) is 3.79. The van der Waals surface area contributed by atoms with E-state index in [-0.39, 0.29) is 0 Å². The van der Waals surface area contributed by atoms with Gasteiger partial charge >= 0.3 is 0 Å². The maximum atomic E-state index is 10.4. The van der Waals surface area contributed by atoms with E-state index in [4.69, 9.17) is 0 Å². The van der Waals surface area contributed by atoms with E-state index in [1.54, 1.807) is 0 Å². The Hall–Kier alpha value is -1.02. The zero-order valence-electron chi connectivity index (χ0n) is 12.0. The van der Waals surface area contributed by atoms with Crippen LogP contribution in [0, 0.1) is 12.8 Å². The van der Waals surface area contributed by atoms with Crippen LogP contribution in [0.15, 0.2) is 6.07 Å². The van der Waals surface area contributed by atoms with Crippen molar-refractivity contribution in [1.82, 2.24) is 5.32 Å². The topological polar surface area (TPSA) is 32.3 Å². The molecule has 2 N–H and O–H groups in total. The van der Waals surface area contributed by atoms with Gasteiger partial charge in [-0.2, -0.15) is 0 Å². The average molecular weight is 259 g/mol. The molecule has 1 heterocycles. The Labute approximate surface area is 116 Å². The average Bonchev–Trinajstić information content (AvgIpc) is 2.45. The molecule has 1 aliphatic heterocycles. The number of piperidine rings is 1. The first-order valence-electron chi connectivity index (χ1n) is 7.79. The van der Waals surface area contributed by atoms with Gasteiger partial charge in [0, 0.05) is 0 Å². The van der Waals surface area contributed by atoms with Gasteiger partial charge < -0.3 is 10.4 Å². The SMILES string of the molecule is Cc1cc(O)c(CC2CCNCC2)c2c1CCCC2. The number of benzene rings is 1. The largest absolute Gasteiger partial charge is 0.508 e. The second-order valence-electron chi connectivity index (χ2n) is 6.25. The summed E-state index contributed by atoms with van der Waals surface area (Å²) in [6.07, 6.45) is 8.56. The summed E-state index contributed by atoms with van der Waals surface area (Å²) in [5.74, 6) is 1.30. The van der Waals surface area contributed by atoms with Gasteiger partial charge in [-0.25, -0.2) is 0 Å². The number of rotatable bonds is 2. The molecule has 3 rings (SSSR count). The summed E-state index contributed by atoms with van der Waals surface area (Å²) >= 11 is 0. The summed E-state index contributed by atoms with van der Waals surface area (Å²) in [6.45, 7) is 4.43. The van der Waals surface area contributed by atoms with E-state index < -0.39 is 0 Å². The number of hydrogen-bond donors (Lipinski definition) is 2. The molecule has 1 aromatic carbocycles. The van der Waals surface area contributed by atoms with Crippen molar-refractivity contribution in [3.05, 3.63) is 28.3 Å². The van der Waals surface area contributed by atoms with Crippen molar-refractivity contribution in [2.45, 2.75) is 51.9 Å². The van der Waals surface area contributed by atoms with Gasteiger partial charge in [0.15, 0.2) is 0 Å². The van der Waals surface area contributed by atoms with Crippen LogP contribution in [0.2, 0.25) is 0 Å². The normalized spacial score (nSPS) is 20.3. The fourth-order valence-corrected chi connectivity index (χ4v) is 3.81. The molecule has 0 saturated carbocycles. The van der Waals surface area contributed by atoms with Crippen LogP contribution in [-0.2, 0) is 19.3 Å². The highest BCUT2D eigenvalue weighted by molar-refractivity contribution is 5.50. The standard InChI is InChI=1S/C17H25NO/c1-12-10-17(19)16(11-13-6-8-18-9-7-13)15-5-3-2-4-14(12)15/h10,13,18-19H,2-9,11H2,1H3. The van der Waals surface area contributed by atoms with E-state index in [9.17, 15) is 5.11 Å². The lowest BCUT2D eigenvalue weighted by atomic mass is 9.81. The van der Waals surface area contributed by atoms with Crippen molar-refractivity contribution < 1.29 is 5.11 Å². The molecule has 2 aliphatic rings. The molecule has 0 bridgehead atoms. The Bertz CT molecular complexity index is 461. The quantitative estimate of drug-likeness (QED) is 0.855. The molecule has 1 aliphatic carbocycles. The summed E-state index contributed by atoms with van der Waals surface area (Å²) < 4.78 is 0. The van der Waals surface area contributed by atoms with Gasteiger partial charge in [-0.3, -0.25) is 0 Å². The van der Waals surface area contributed by atoms with Crippen LogP contribution in [0.5, 0.6) is 5.75 Å². The predicted octanol–water partition coefficient (Wildman–Crippen LogP) is 3.12. The zero-order valence-corrected chi connectivity index (χ0v) is 12.0. The van der Waals surface area contributed by atoms with Crippen LogP contribution in [0.25, 0.3) is 0 Å². The van der Waals surface area contributed by atoms with Crippen LogP contribution in [0.1, 0.15) is 47.9 Å². The molecule has 0 amide bonds. The van der Waals surface area contributed by atoms with Crippen LogP contribution in [0.4, 0.5) is 0 Å². The minimum Gasteiger partial charge on any atom is -0.508 e. The van der Waals surface area contributed by atoms with E-state index in [2.05, 4.69) is 12.2 Å². The number of aryl methyl sites for hydroxylation is 1. The summed E-state index contributed by atoms with van der Waals surface area (Å²) in [5, 5.41) is 13.8. The van der Waals surface area contributed by atoms with Gasteiger partial charge in [0.25, 0.3) is 0 Å². The smallest absolute Gasteiger partial charge is 0.119 e. The molecule has 1 fully saturated rings. The van der Waals surface area contributed by atoms with Crippen LogP contribution < -0.4 is 5.32 Å². The lowest BCUT2D eigenvalue weighted by molar-refractivity contribution is 0.364. The van der Waals surface area contributed by atoms with E-state index in [1.807, 2.05) is 6.07 Å². The van der Waals surface area contributed by atoms with Gasteiger partial charge in [0.05, 0.1) is 0 Å². The third-order valence-corrected chi connectivity index (χ3v) is 4.92. The predicted molar refractivity (Wildman–Crippen MR) is 78.8 cm³/mol. The van der Waals surface area contributed by atoms with Gasteiger partial charge in [0.2, 0.25) is 0 Å². The molecule has 0 spiro atoms. The zero-order chi connectivity index (χ0) is 13.2. The summed E-state index contributed by atoms with van der Waals surface area (Å²) in [7, 11) is 0. The van der Waals surface area contributed by atoms with Crippen molar-refractivity contribution in [3.63, 3.8) is 0 Å². The first-order valence-corrected chi connectivity index (χ1v) is 7.79. The summed E-state index contributed by atoms with van der Waals surface area (Å²) in [5.41, 5.74) is 5.59. The Morgan fingerprint density at radius 3 is 2.58 bits per heavy atom. The molecule has 2 nitrogen and oxygen atoms in total. The highest BCUT2D eigenvalue weighted by Crippen LogP contribution is 2.35. The molecule has 2 heteroatoms. The molecule has 1 saturated heterocycles. The molecule has 0 aromatic heterocycles. The number of phenolic OH excluding ortho intramolecular Hbond substituents is 1. The molecule has 0 atom stereocenters. The highest BCUT2D eigenvalue weighted by Gasteiger charge is 2.22. The summed E-state index contributed by atoms with van der Waals surface area (Å²) in [4.78, 5) is 0. The number of nitrogens with one attached hydrogen (secondary N) is 1. The van der Waals surface area contributed by atoms with Crippen molar-refractivity contribution in [3.8, 4) is 5.75 Å².